The lowest BCUT2D eigenvalue weighted by Crippen LogP contribution is -2.63. The van der Waals surface area contributed by atoms with Crippen molar-refractivity contribution in [1.29, 1.82) is 0 Å². The lowest BCUT2D eigenvalue weighted by atomic mass is 9.45. The van der Waals surface area contributed by atoms with E-state index in [1.807, 2.05) is 13.8 Å². The lowest BCUT2D eigenvalue weighted by molar-refractivity contribution is -0.177. The number of carbonyl (C=O) groups is 2. The molecule has 0 spiro atoms. The average Bonchev–Trinajstić information content (AvgIpc) is 3.20. The molecular weight excluding hydrogens is 536 g/mol. The Morgan fingerprint density at radius 2 is 1.69 bits per heavy atom. The molecule has 5 N–H and O–H groups in total. The molecule has 0 amide bonds. The van der Waals surface area contributed by atoms with Gasteiger partial charge in [-0.25, -0.2) is 4.79 Å². The second-order valence-corrected chi connectivity index (χ2v) is 14.9. The third-order valence-corrected chi connectivity index (χ3v) is 11.8. The Morgan fingerprint density at radius 1 is 1.02 bits per heavy atom. The van der Waals surface area contributed by atoms with Crippen LogP contribution in [0.3, 0.4) is 0 Å². The molecule has 0 radical (unpaired) electrons. The minimum atomic E-state index is -1.54. The van der Waals surface area contributed by atoms with E-state index >= 15 is 0 Å². The molecule has 0 aromatic heterocycles. The van der Waals surface area contributed by atoms with Gasteiger partial charge in [-0.05, 0) is 113 Å². The van der Waals surface area contributed by atoms with Crippen LogP contribution in [0.4, 0.5) is 0 Å². The number of aliphatic hydroxyl groups excluding tert-OH is 2. The topological polar surface area (TPSA) is 145 Å². The fraction of sp³-hybridized carbons (Fsp3) is 0.706. The summed E-state index contributed by atoms with van der Waals surface area (Å²) in [6, 6.07) is 8.60. The summed E-state index contributed by atoms with van der Waals surface area (Å²) in [4.78, 5) is 26.7. The van der Waals surface area contributed by atoms with Gasteiger partial charge in [0.15, 0.2) is 5.78 Å². The second kappa shape index (κ2) is 10.5. The summed E-state index contributed by atoms with van der Waals surface area (Å²) in [6.45, 7) is 9.00. The number of aliphatic hydroxyl groups is 5. The maximum absolute atomic E-state index is 13.5. The van der Waals surface area contributed by atoms with E-state index in [-0.39, 0.29) is 31.0 Å². The number of rotatable bonds is 7. The van der Waals surface area contributed by atoms with Gasteiger partial charge in [0.05, 0.1) is 29.0 Å². The minimum absolute atomic E-state index is 0.123. The first kappa shape index (κ1) is 31.3. The van der Waals surface area contributed by atoms with Crippen molar-refractivity contribution in [3.8, 4) is 0 Å². The molecule has 4 aliphatic rings. The van der Waals surface area contributed by atoms with Gasteiger partial charge in [0.2, 0.25) is 0 Å². The third-order valence-electron chi connectivity index (χ3n) is 11.8. The zero-order valence-electron chi connectivity index (χ0n) is 25.5. The summed E-state index contributed by atoms with van der Waals surface area (Å²) in [5.41, 5.74) is -4.30. The fourth-order valence-electron chi connectivity index (χ4n) is 9.26. The number of benzene rings is 1. The van der Waals surface area contributed by atoms with Crippen molar-refractivity contribution in [3.05, 3.63) is 47.5 Å². The molecule has 3 saturated carbocycles. The van der Waals surface area contributed by atoms with E-state index in [0.29, 0.717) is 43.2 Å². The number of hydrogen-bond donors (Lipinski definition) is 5. The molecular formula is C34H48O8. The highest BCUT2D eigenvalue weighted by Crippen LogP contribution is 2.68. The maximum atomic E-state index is 13.5. The SMILES string of the molecule is CC(C)(O)CC[C@H](OC(=O)c1ccccc1)[C@](C)(O)[C@H]1CC[C@@]2(O)C3=CC(=O)[C@@H]4C[C@@H](O)[C@H](O)C[C@]4(C)C3CC[C@]12C. The fourth-order valence-corrected chi connectivity index (χ4v) is 9.26. The second-order valence-electron chi connectivity index (χ2n) is 14.9. The molecule has 3 fully saturated rings. The first-order chi connectivity index (χ1) is 19.4. The average molecular weight is 585 g/mol. The zero-order chi connectivity index (χ0) is 30.9. The molecule has 42 heavy (non-hydrogen) atoms. The summed E-state index contributed by atoms with van der Waals surface area (Å²) >= 11 is 0. The Labute approximate surface area is 248 Å². The highest BCUT2D eigenvalue weighted by Gasteiger charge is 2.69. The summed E-state index contributed by atoms with van der Waals surface area (Å²) in [6.07, 6.45) is 1.84. The summed E-state index contributed by atoms with van der Waals surface area (Å²) in [5, 5.41) is 56.3. The highest BCUT2D eigenvalue weighted by atomic mass is 16.6. The van der Waals surface area contributed by atoms with Crippen molar-refractivity contribution < 1.29 is 39.9 Å². The smallest absolute Gasteiger partial charge is 0.338 e. The van der Waals surface area contributed by atoms with Crippen molar-refractivity contribution in [2.45, 2.75) is 121 Å². The molecule has 1 aromatic carbocycles. The van der Waals surface area contributed by atoms with Gasteiger partial charge >= 0.3 is 5.97 Å². The van der Waals surface area contributed by atoms with Crippen molar-refractivity contribution in [3.63, 3.8) is 0 Å². The van der Waals surface area contributed by atoms with Crippen molar-refractivity contribution in [2.75, 3.05) is 0 Å². The van der Waals surface area contributed by atoms with Crippen LogP contribution in [-0.4, -0.2) is 72.4 Å². The Bertz CT molecular complexity index is 1230. The number of hydrogen-bond acceptors (Lipinski definition) is 8. The van der Waals surface area contributed by atoms with Gasteiger partial charge in [0, 0.05) is 11.3 Å². The predicted molar refractivity (Wildman–Crippen MR) is 156 cm³/mol. The maximum Gasteiger partial charge on any atom is 0.338 e. The predicted octanol–water partition coefficient (Wildman–Crippen LogP) is 3.72. The van der Waals surface area contributed by atoms with Crippen molar-refractivity contribution in [2.24, 2.45) is 28.6 Å². The van der Waals surface area contributed by atoms with Crippen molar-refractivity contribution in [1.82, 2.24) is 0 Å². The Hall–Kier alpha value is -2.10. The number of esters is 1. The highest BCUT2D eigenvalue weighted by molar-refractivity contribution is 5.95. The number of ketones is 1. The van der Waals surface area contributed by atoms with E-state index in [0.717, 1.165) is 0 Å². The van der Waals surface area contributed by atoms with Crippen LogP contribution in [0.1, 0.15) is 96.3 Å². The normalized spacial score (nSPS) is 40.2. The number of allylic oxidation sites excluding steroid dienone is 1. The summed E-state index contributed by atoms with van der Waals surface area (Å²) in [5.74, 6) is -1.70. The first-order valence-corrected chi connectivity index (χ1v) is 15.5. The molecule has 0 aliphatic heterocycles. The van der Waals surface area contributed by atoms with Crippen LogP contribution in [0.15, 0.2) is 42.0 Å². The molecule has 10 atom stereocenters. The van der Waals surface area contributed by atoms with E-state index in [2.05, 4.69) is 0 Å². The number of ether oxygens (including phenoxy) is 1. The van der Waals surface area contributed by atoms with Gasteiger partial charge in [-0.1, -0.05) is 32.0 Å². The van der Waals surface area contributed by atoms with Crippen LogP contribution in [0.2, 0.25) is 0 Å². The van der Waals surface area contributed by atoms with Gasteiger partial charge in [-0.3, -0.25) is 4.79 Å². The van der Waals surface area contributed by atoms with Crippen LogP contribution in [0.5, 0.6) is 0 Å². The van der Waals surface area contributed by atoms with Gasteiger partial charge in [-0.15, -0.1) is 0 Å². The third kappa shape index (κ3) is 4.97. The van der Waals surface area contributed by atoms with Gasteiger partial charge in [-0.2, -0.15) is 0 Å². The van der Waals surface area contributed by atoms with Gasteiger partial charge in [0.1, 0.15) is 11.7 Å². The molecule has 0 saturated heterocycles. The molecule has 4 aliphatic carbocycles. The van der Waals surface area contributed by atoms with Crippen molar-refractivity contribution >= 4 is 11.8 Å². The van der Waals surface area contributed by atoms with E-state index < -0.39 is 63.8 Å². The molecule has 1 unspecified atom stereocenters. The minimum Gasteiger partial charge on any atom is -0.456 e. The Morgan fingerprint density at radius 3 is 2.33 bits per heavy atom. The molecule has 0 heterocycles. The number of fused-ring (bicyclic) bond motifs is 5. The van der Waals surface area contributed by atoms with Crippen LogP contribution in [-0.2, 0) is 9.53 Å². The van der Waals surface area contributed by atoms with Crippen LogP contribution in [0.25, 0.3) is 0 Å². The van der Waals surface area contributed by atoms with Gasteiger partial charge in [0.25, 0.3) is 0 Å². The van der Waals surface area contributed by atoms with Gasteiger partial charge < -0.3 is 30.3 Å². The van der Waals surface area contributed by atoms with E-state index in [9.17, 15) is 35.1 Å². The lowest BCUT2D eigenvalue weighted by Gasteiger charge is -2.60. The van der Waals surface area contributed by atoms with Crippen LogP contribution >= 0.6 is 0 Å². The largest absolute Gasteiger partial charge is 0.456 e. The summed E-state index contributed by atoms with van der Waals surface area (Å²) in [7, 11) is 0. The van der Waals surface area contributed by atoms with Crippen LogP contribution in [0, 0.1) is 28.6 Å². The zero-order valence-corrected chi connectivity index (χ0v) is 25.5. The first-order valence-electron chi connectivity index (χ1n) is 15.5. The van der Waals surface area contributed by atoms with E-state index in [1.54, 1.807) is 57.2 Å². The van der Waals surface area contributed by atoms with Crippen LogP contribution < -0.4 is 0 Å². The number of carbonyl (C=O) groups excluding carboxylic acids is 2. The Kier molecular flexibility index (Phi) is 7.84. The Balaban J connectivity index is 1.48. The molecule has 232 valence electrons. The molecule has 5 rings (SSSR count). The van der Waals surface area contributed by atoms with E-state index in [1.165, 1.54) is 0 Å². The monoisotopic (exact) mass is 584 g/mol. The standard InChI is InChI=1S/C34H48O8/c1-30(2,39)14-13-28(42-29(38)20-9-7-6-8-10-20)33(5,40)27-12-16-34(41)22-17-24(35)23-18-25(36)26(37)19-31(23,3)21(22)11-15-32(27,34)4/h6-10,17,21,23,25-28,36-37,39-41H,11-16,18-19H2,1-5H3/t21?,23-,25+,26+,27-,28-,31+,32+,33+,34+/m0/s1. The summed E-state index contributed by atoms with van der Waals surface area (Å²) < 4.78 is 6.00. The molecule has 8 heteroatoms. The van der Waals surface area contributed by atoms with E-state index in [4.69, 9.17) is 4.74 Å². The quantitative estimate of drug-likeness (QED) is 0.305. The molecule has 1 aromatic rings. The molecule has 0 bridgehead atoms. The molecule has 8 nitrogen and oxygen atoms in total.